The van der Waals surface area contributed by atoms with E-state index in [1.54, 1.807) is 0 Å². The van der Waals surface area contributed by atoms with Crippen molar-refractivity contribution in [2.75, 3.05) is 11.5 Å². The molecule has 76 valence electrons. The summed E-state index contributed by atoms with van der Waals surface area (Å²) in [6, 6.07) is 2.47. The summed E-state index contributed by atoms with van der Waals surface area (Å²) in [5.41, 5.74) is -0.673. The van der Waals surface area contributed by atoms with Crippen LogP contribution in [0, 0.1) is 16.7 Å². The van der Waals surface area contributed by atoms with Gasteiger partial charge in [0, 0.05) is 11.8 Å². The van der Waals surface area contributed by atoms with E-state index in [-0.39, 0.29) is 5.91 Å². The number of carbonyl (C=O) groups excluding carboxylic acids is 1. The first kappa shape index (κ1) is 9.85. The van der Waals surface area contributed by atoms with Gasteiger partial charge in [-0.1, -0.05) is 0 Å². The molecule has 1 aliphatic heterocycles. The molecule has 1 aliphatic carbocycles. The minimum atomic E-state index is -0.673. The van der Waals surface area contributed by atoms with Gasteiger partial charge in [0.05, 0.1) is 6.07 Å². The largest absolute Gasteiger partial charge is 0.351 e. The van der Waals surface area contributed by atoms with Crippen LogP contribution in [0.1, 0.15) is 25.7 Å². The monoisotopic (exact) mass is 210 g/mol. The molecule has 4 heteroatoms. The highest BCUT2D eigenvalue weighted by Crippen LogP contribution is 2.40. The van der Waals surface area contributed by atoms with Crippen molar-refractivity contribution in [2.24, 2.45) is 5.41 Å². The van der Waals surface area contributed by atoms with Crippen molar-refractivity contribution < 1.29 is 4.79 Å². The lowest BCUT2D eigenvalue weighted by molar-refractivity contribution is -0.132. The third-order valence-electron chi connectivity index (χ3n) is 3.12. The first-order chi connectivity index (χ1) is 6.77. The van der Waals surface area contributed by atoms with E-state index in [2.05, 4.69) is 11.4 Å². The summed E-state index contributed by atoms with van der Waals surface area (Å²) >= 11 is 1.87. The van der Waals surface area contributed by atoms with Crippen molar-refractivity contribution in [3.05, 3.63) is 0 Å². The lowest BCUT2D eigenvalue weighted by atomic mass is 9.69. The fourth-order valence-corrected chi connectivity index (χ4v) is 3.04. The quantitative estimate of drug-likeness (QED) is 0.747. The van der Waals surface area contributed by atoms with Crippen molar-refractivity contribution >= 4 is 17.7 Å². The lowest BCUT2D eigenvalue weighted by Gasteiger charge is -2.34. The van der Waals surface area contributed by atoms with E-state index in [4.69, 9.17) is 5.26 Å². The Kier molecular flexibility index (Phi) is 2.69. The molecule has 0 aromatic heterocycles. The highest BCUT2D eigenvalue weighted by atomic mass is 32.2. The number of nitriles is 1. The third-order valence-corrected chi connectivity index (χ3v) is 4.28. The highest BCUT2D eigenvalue weighted by Gasteiger charge is 2.45. The Bertz CT molecular complexity index is 274. The average Bonchev–Trinajstić information content (AvgIpc) is 2.55. The van der Waals surface area contributed by atoms with Crippen LogP contribution in [-0.2, 0) is 4.79 Å². The van der Waals surface area contributed by atoms with Crippen molar-refractivity contribution in [3.8, 4) is 6.07 Å². The topological polar surface area (TPSA) is 52.9 Å². The third kappa shape index (κ3) is 1.61. The van der Waals surface area contributed by atoms with Crippen molar-refractivity contribution in [3.63, 3.8) is 0 Å². The minimum absolute atomic E-state index is 0.0289. The van der Waals surface area contributed by atoms with Crippen LogP contribution in [0.5, 0.6) is 0 Å². The van der Waals surface area contributed by atoms with Gasteiger partial charge in [0.15, 0.2) is 0 Å². The van der Waals surface area contributed by atoms with Gasteiger partial charge in [-0.2, -0.15) is 17.0 Å². The summed E-state index contributed by atoms with van der Waals surface area (Å²) in [5, 5.41) is 12.0. The van der Waals surface area contributed by atoms with Crippen molar-refractivity contribution in [2.45, 2.75) is 31.7 Å². The van der Waals surface area contributed by atoms with Crippen LogP contribution >= 0.6 is 11.8 Å². The fourth-order valence-electron chi connectivity index (χ4n) is 1.89. The van der Waals surface area contributed by atoms with E-state index in [9.17, 15) is 4.79 Å². The number of amides is 1. The second-order valence-corrected chi connectivity index (χ2v) is 5.23. The maximum atomic E-state index is 11.8. The Balaban J connectivity index is 1.91. The van der Waals surface area contributed by atoms with Gasteiger partial charge >= 0.3 is 0 Å². The molecule has 1 saturated carbocycles. The van der Waals surface area contributed by atoms with Crippen LogP contribution in [-0.4, -0.2) is 23.5 Å². The zero-order chi connectivity index (χ0) is 10.0. The maximum absolute atomic E-state index is 11.8. The van der Waals surface area contributed by atoms with Gasteiger partial charge in [-0.05, 0) is 31.4 Å². The molecule has 1 saturated heterocycles. The zero-order valence-corrected chi connectivity index (χ0v) is 8.90. The first-order valence-electron chi connectivity index (χ1n) is 5.07. The molecule has 3 nitrogen and oxygen atoms in total. The summed E-state index contributed by atoms with van der Waals surface area (Å²) in [5.74, 6) is 2.11. The molecular weight excluding hydrogens is 196 g/mol. The van der Waals surface area contributed by atoms with Gasteiger partial charge in [0.1, 0.15) is 5.41 Å². The molecule has 0 aromatic rings. The molecule has 2 fully saturated rings. The summed E-state index contributed by atoms with van der Waals surface area (Å²) < 4.78 is 0. The Morgan fingerprint density at radius 3 is 2.79 bits per heavy atom. The SMILES string of the molecule is N#CC1(C(=O)NC2CCSC2)CCC1. The molecule has 0 spiro atoms. The van der Waals surface area contributed by atoms with Crippen molar-refractivity contribution in [1.29, 1.82) is 5.26 Å². The van der Waals surface area contributed by atoms with Crippen LogP contribution in [0.2, 0.25) is 0 Å². The first-order valence-corrected chi connectivity index (χ1v) is 6.22. The Hall–Kier alpha value is -0.690. The normalized spacial score (nSPS) is 28.9. The number of carbonyl (C=O) groups is 1. The molecule has 0 aromatic carbocycles. The van der Waals surface area contributed by atoms with E-state index in [0.29, 0.717) is 6.04 Å². The minimum Gasteiger partial charge on any atom is -0.351 e. The van der Waals surface area contributed by atoms with Crippen LogP contribution in [0.25, 0.3) is 0 Å². The lowest BCUT2D eigenvalue weighted by Crippen LogP contribution is -2.48. The smallest absolute Gasteiger partial charge is 0.240 e. The second kappa shape index (κ2) is 3.82. The molecule has 2 aliphatic rings. The second-order valence-electron chi connectivity index (χ2n) is 4.08. The molecular formula is C10H14N2OS. The van der Waals surface area contributed by atoms with E-state index < -0.39 is 5.41 Å². The summed E-state index contributed by atoms with van der Waals surface area (Å²) in [4.78, 5) is 11.8. The molecule has 14 heavy (non-hydrogen) atoms. The molecule has 1 amide bonds. The van der Waals surface area contributed by atoms with E-state index in [0.717, 1.165) is 37.2 Å². The van der Waals surface area contributed by atoms with E-state index in [1.807, 2.05) is 11.8 Å². The molecule has 0 radical (unpaired) electrons. The van der Waals surface area contributed by atoms with Gasteiger partial charge in [-0.25, -0.2) is 0 Å². The van der Waals surface area contributed by atoms with Crippen LogP contribution in [0.4, 0.5) is 0 Å². The van der Waals surface area contributed by atoms with Gasteiger partial charge in [0.25, 0.3) is 0 Å². The highest BCUT2D eigenvalue weighted by molar-refractivity contribution is 7.99. The maximum Gasteiger partial charge on any atom is 0.240 e. The van der Waals surface area contributed by atoms with E-state index in [1.165, 1.54) is 0 Å². The molecule has 2 rings (SSSR count). The van der Waals surface area contributed by atoms with E-state index >= 15 is 0 Å². The Morgan fingerprint density at radius 2 is 2.36 bits per heavy atom. The van der Waals surface area contributed by atoms with Gasteiger partial charge in [-0.3, -0.25) is 4.79 Å². The van der Waals surface area contributed by atoms with Gasteiger partial charge < -0.3 is 5.32 Å². The number of nitrogens with zero attached hydrogens (tertiary/aromatic N) is 1. The predicted octanol–water partition coefficient (Wildman–Crippen LogP) is 1.30. The standard InChI is InChI=1S/C10H14N2OS/c11-7-10(3-1-4-10)9(13)12-8-2-5-14-6-8/h8H,1-6H2,(H,12,13). The molecule has 1 heterocycles. The molecule has 1 N–H and O–H groups in total. The van der Waals surface area contributed by atoms with Gasteiger partial charge in [0.2, 0.25) is 5.91 Å². The van der Waals surface area contributed by atoms with Crippen molar-refractivity contribution in [1.82, 2.24) is 5.32 Å². The predicted molar refractivity (Wildman–Crippen MR) is 55.8 cm³/mol. The van der Waals surface area contributed by atoms with Gasteiger partial charge in [-0.15, -0.1) is 0 Å². The summed E-state index contributed by atoms with van der Waals surface area (Å²) in [7, 11) is 0. The zero-order valence-electron chi connectivity index (χ0n) is 8.08. The van der Waals surface area contributed by atoms with Crippen LogP contribution in [0.3, 0.4) is 0 Å². The number of rotatable bonds is 2. The number of hydrogen-bond donors (Lipinski definition) is 1. The number of hydrogen-bond acceptors (Lipinski definition) is 3. The summed E-state index contributed by atoms with van der Waals surface area (Å²) in [6.45, 7) is 0. The van der Waals surface area contributed by atoms with Crippen LogP contribution in [0.15, 0.2) is 0 Å². The Morgan fingerprint density at radius 1 is 1.57 bits per heavy atom. The average molecular weight is 210 g/mol. The summed E-state index contributed by atoms with van der Waals surface area (Å²) in [6.07, 6.45) is 3.56. The van der Waals surface area contributed by atoms with Crippen LogP contribution < -0.4 is 5.32 Å². The molecule has 0 bridgehead atoms. The molecule has 1 unspecified atom stereocenters. The number of thioether (sulfide) groups is 1. The molecule has 1 atom stereocenters. The Labute approximate surface area is 88.2 Å². The fraction of sp³-hybridized carbons (Fsp3) is 0.800. The number of nitrogens with one attached hydrogen (secondary N) is 1.